The van der Waals surface area contributed by atoms with Crippen molar-refractivity contribution in [3.63, 3.8) is 0 Å². The van der Waals surface area contributed by atoms with Gasteiger partial charge in [-0.25, -0.2) is 4.52 Å². The quantitative estimate of drug-likeness (QED) is 0.599. The van der Waals surface area contributed by atoms with Crippen molar-refractivity contribution >= 4 is 23.1 Å². The van der Waals surface area contributed by atoms with E-state index in [1.807, 2.05) is 30.1 Å². The lowest BCUT2D eigenvalue weighted by Crippen LogP contribution is -2.41. The predicted molar refractivity (Wildman–Crippen MR) is 133 cm³/mol. The van der Waals surface area contributed by atoms with Gasteiger partial charge < -0.3 is 24.6 Å². The second kappa shape index (κ2) is 9.09. The van der Waals surface area contributed by atoms with Crippen molar-refractivity contribution in [3.05, 3.63) is 42.2 Å². The van der Waals surface area contributed by atoms with Crippen LogP contribution in [0.2, 0.25) is 0 Å². The van der Waals surface area contributed by atoms with Crippen molar-refractivity contribution < 1.29 is 19.1 Å². The molecule has 188 valence electrons. The minimum Gasteiger partial charge on any atom is -0.475 e. The summed E-state index contributed by atoms with van der Waals surface area (Å²) >= 11 is 0. The Hall–Kier alpha value is -3.66. The number of rotatable bonds is 4. The molecule has 1 N–H and O–H groups in total. The molecule has 0 radical (unpaired) electrons. The Balaban J connectivity index is 1.40. The van der Waals surface area contributed by atoms with Crippen LogP contribution >= 0.6 is 0 Å². The number of nitrogens with zero attached hydrogens (tertiary/aromatic N) is 5. The van der Waals surface area contributed by atoms with Crippen LogP contribution in [0.15, 0.2) is 36.7 Å². The van der Waals surface area contributed by atoms with Gasteiger partial charge in [-0.2, -0.15) is 10.1 Å². The minimum atomic E-state index is -0.472. The number of carbonyl (C=O) groups is 2. The van der Waals surface area contributed by atoms with Crippen LogP contribution < -0.4 is 10.1 Å². The molecule has 4 bridgehead atoms. The number of methoxy groups -OCH3 is 1. The summed E-state index contributed by atoms with van der Waals surface area (Å²) in [4.78, 5) is 34.6. The molecule has 3 aromatic rings. The number of nitrogens with one attached hydrogen (secondary N) is 1. The Kier molecular flexibility index (Phi) is 5.75. The minimum absolute atomic E-state index is 0.0147. The molecular weight excluding hydrogens is 460 g/mol. The van der Waals surface area contributed by atoms with Crippen molar-refractivity contribution in [2.45, 2.75) is 31.4 Å². The highest BCUT2D eigenvalue weighted by Crippen LogP contribution is 2.32. The number of anilines is 1. The zero-order valence-electron chi connectivity index (χ0n) is 20.5. The summed E-state index contributed by atoms with van der Waals surface area (Å²) in [6, 6.07) is 7.43. The molecule has 1 aromatic carbocycles. The number of benzene rings is 1. The van der Waals surface area contributed by atoms with Crippen molar-refractivity contribution in [1.82, 2.24) is 24.4 Å². The van der Waals surface area contributed by atoms with Crippen molar-refractivity contribution in [3.8, 4) is 17.0 Å². The van der Waals surface area contributed by atoms with Crippen molar-refractivity contribution in [2.24, 2.45) is 5.92 Å². The average molecular weight is 491 g/mol. The first-order chi connectivity index (χ1) is 17.5. The molecule has 10 heteroatoms. The molecule has 1 saturated carbocycles. The van der Waals surface area contributed by atoms with E-state index in [0.29, 0.717) is 49.1 Å². The van der Waals surface area contributed by atoms with E-state index in [1.54, 1.807) is 35.0 Å². The molecular formula is C26H30N6O4. The standard InChI is InChI=1S/C26H30N6O4/c1-30(14-16-3-4-16)25(33)18-9-17-10-19(11-18)27-6-8-31-20(12-22(35-2)26(31)34)15-36-23-5-7-32-24(29-23)21(17)13-28-32/h5,7,9-11,13,16,20,22,27H,3-4,6,8,12,14-15H2,1-2H3/t20-,22+/m0/s1. The Bertz CT molecular complexity index is 1320. The summed E-state index contributed by atoms with van der Waals surface area (Å²) in [7, 11) is 3.42. The van der Waals surface area contributed by atoms with E-state index >= 15 is 0 Å². The Labute approximate surface area is 209 Å². The first-order valence-electron chi connectivity index (χ1n) is 12.5. The van der Waals surface area contributed by atoms with E-state index in [9.17, 15) is 9.59 Å². The third-order valence-corrected chi connectivity index (χ3v) is 7.29. The smallest absolute Gasteiger partial charge is 0.253 e. The van der Waals surface area contributed by atoms with E-state index in [1.165, 1.54) is 12.8 Å². The van der Waals surface area contributed by atoms with Crippen LogP contribution in [0.4, 0.5) is 5.69 Å². The SMILES string of the molecule is CO[C@@H]1C[C@H]2COc3ccn4ncc(c4n3)-c3cc(cc(C(=O)N(C)CC4CC4)c3)NCCN2C1=O. The number of aromatic nitrogens is 3. The summed E-state index contributed by atoms with van der Waals surface area (Å²) in [6.45, 7) is 2.12. The summed E-state index contributed by atoms with van der Waals surface area (Å²) in [5, 5.41) is 7.89. The fraction of sp³-hybridized carbons (Fsp3) is 0.462. The summed E-state index contributed by atoms with van der Waals surface area (Å²) in [5.41, 5.74) is 3.71. The zero-order valence-corrected chi connectivity index (χ0v) is 20.5. The van der Waals surface area contributed by atoms with Gasteiger partial charge >= 0.3 is 0 Å². The van der Waals surface area contributed by atoms with Gasteiger partial charge in [0.1, 0.15) is 12.7 Å². The van der Waals surface area contributed by atoms with Gasteiger partial charge in [-0.3, -0.25) is 9.59 Å². The highest BCUT2D eigenvalue weighted by molar-refractivity contribution is 5.97. The number of hydrogen-bond donors (Lipinski definition) is 1. The average Bonchev–Trinajstić information content (AvgIpc) is 3.51. The normalized spacial score (nSPS) is 21.6. The maximum absolute atomic E-state index is 13.3. The van der Waals surface area contributed by atoms with Crippen LogP contribution in [-0.2, 0) is 9.53 Å². The third kappa shape index (κ3) is 4.26. The molecule has 4 heterocycles. The van der Waals surface area contributed by atoms with Crippen LogP contribution in [0.3, 0.4) is 0 Å². The summed E-state index contributed by atoms with van der Waals surface area (Å²) in [6.07, 6.45) is 6.03. The van der Waals surface area contributed by atoms with Crippen LogP contribution in [0.5, 0.6) is 5.88 Å². The monoisotopic (exact) mass is 490 g/mol. The van der Waals surface area contributed by atoms with Crippen LogP contribution in [0.25, 0.3) is 16.8 Å². The molecule has 2 atom stereocenters. The zero-order chi connectivity index (χ0) is 24.8. The number of ether oxygens (including phenoxy) is 2. The van der Waals surface area contributed by atoms with Crippen molar-refractivity contribution in [2.75, 3.05) is 45.7 Å². The van der Waals surface area contributed by atoms with Gasteiger partial charge in [-0.05, 0) is 42.5 Å². The summed E-state index contributed by atoms with van der Waals surface area (Å²) < 4.78 is 13.2. The maximum Gasteiger partial charge on any atom is 0.253 e. The molecule has 6 rings (SSSR count). The largest absolute Gasteiger partial charge is 0.475 e. The number of amides is 2. The molecule has 0 unspecified atom stereocenters. The van der Waals surface area contributed by atoms with Crippen LogP contribution in [0, 0.1) is 5.92 Å². The van der Waals surface area contributed by atoms with Gasteiger partial charge in [0.15, 0.2) is 5.65 Å². The molecule has 0 spiro atoms. The van der Waals surface area contributed by atoms with Gasteiger partial charge in [0.25, 0.3) is 11.8 Å². The topological polar surface area (TPSA) is 101 Å². The molecule has 1 saturated heterocycles. The van der Waals surface area contributed by atoms with Crippen LogP contribution in [0.1, 0.15) is 29.6 Å². The first kappa shape index (κ1) is 22.8. The predicted octanol–water partition coefficient (Wildman–Crippen LogP) is 2.30. The van der Waals surface area contributed by atoms with E-state index < -0.39 is 6.10 Å². The molecule has 36 heavy (non-hydrogen) atoms. The van der Waals surface area contributed by atoms with Gasteiger partial charge in [0.05, 0.1) is 12.2 Å². The highest BCUT2D eigenvalue weighted by atomic mass is 16.5. The second-order valence-electron chi connectivity index (χ2n) is 9.90. The Morgan fingerprint density at radius 1 is 1.31 bits per heavy atom. The van der Waals surface area contributed by atoms with Gasteiger partial charge in [0.2, 0.25) is 5.88 Å². The number of fused-ring (bicyclic) bond motifs is 5. The van der Waals surface area contributed by atoms with E-state index in [0.717, 1.165) is 23.4 Å². The molecule has 10 nitrogen and oxygen atoms in total. The molecule has 1 aliphatic carbocycles. The highest BCUT2D eigenvalue weighted by Gasteiger charge is 2.39. The first-order valence-corrected chi connectivity index (χ1v) is 12.5. The lowest BCUT2D eigenvalue weighted by Gasteiger charge is -2.25. The molecule has 3 aliphatic rings. The van der Waals surface area contributed by atoms with Crippen molar-refractivity contribution in [1.29, 1.82) is 0 Å². The molecule has 2 fully saturated rings. The molecule has 2 amide bonds. The van der Waals surface area contributed by atoms with Gasteiger partial charge in [-0.15, -0.1) is 0 Å². The van der Waals surface area contributed by atoms with Gasteiger partial charge in [-0.1, -0.05) is 0 Å². The second-order valence-corrected chi connectivity index (χ2v) is 9.90. The van der Waals surface area contributed by atoms with Gasteiger partial charge in [0, 0.05) is 69.3 Å². The molecule has 2 aromatic heterocycles. The molecule has 2 aliphatic heterocycles. The van der Waals surface area contributed by atoms with E-state index in [-0.39, 0.29) is 17.9 Å². The lowest BCUT2D eigenvalue weighted by atomic mass is 10.0. The van der Waals surface area contributed by atoms with Crippen LogP contribution in [-0.4, -0.2) is 88.8 Å². The Morgan fingerprint density at radius 2 is 2.17 bits per heavy atom. The van der Waals surface area contributed by atoms with E-state index in [4.69, 9.17) is 14.5 Å². The fourth-order valence-corrected chi connectivity index (χ4v) is 5.13. The Morgan fingerprint density at radius 3 is 2.97 bits per heavy atom. The fourth-order valence-electron chi connectivity index (χ4n) is 5.13. The number of hydrogen-bond acceptors (Lipinski definition) is 7. The summed E-state index contributed by atoms with van der Waals surface area (Å²) in [5.74, 6) is 1.02. The lowest BCUT2D eigenvalue weighted by molar-refractivity contribution is -0.136. The third-order valence-electron chi connectivity index (χ3n) is 7.29. The number of carbonyl (C=O) groups excluding carboxylic acids is 2. The van der Waals surface area contributed by atoms with E-state index in [2.05, 4.69) is 10.4 Å². The maximum atomic E-state index is 13.3.